The fourth-order valence-electron chi connectivity index (χ4n) is 5.92. The number of ether oxygens (including phenoxy) is 3. The van der Waals surface area contributed by atoms with Gasteiger partial charge in [-0.3, -0.25) is 9.59 Å². The van der Waals surface area contributed by atoms with Crippen molar-refractivity contribution in [1.82, 2.24) is 0 Å². The summed E-state index contributed by atoms with van der Waals surface area (Å²) in [5, 5.41) is 9.61. The third kappa shape index (κ3) is 34.8. The molecule has 0 aromatic heterocycles. The number of esters is 2. The Morgan fingerprint density at radius 1 is 0.574 bits per heavy atom. The van der Waals surface area contributed by atoms with Crippen molar-refractivity contribution in [2.45, 2.75) is 174 Å². The van der Waals surface area contributed by atoms with Crippen LogP contribution in [0.1, 0.15) is 162 Å². The Kier molecular flexibility index (Phi) is 34.9. The Bertz CT molecular complexity index is 1070. The van der Waals surface area contributed by atoms with E-state index in [4.69, 9.17) is 14.2 Å². The van der Waals surface area contributed by atoms with E-state index >= 15 is 0 Å². The third-order valence-corrected chi connectivity index (χ3v) is 9.25. The van der Waals surface area contributed by atoms with Gasteiger partial charge in [-0.1, -0.05) is 145 Å². The highest BCUT2D eigenvalue weighted by atomic mass is 16.6. The molecule has 310 valence electrons. The van der Waals surface area contributed by atoms with Crippen LogP contribution >= 0.6 is 0 Å². The lowest BCUT2D eigenvalue weighted by Crippen LogP contribution is -2.50. The van der Waals surface area contributed by atoms with E-state index in [-0.39, 0.29) is 36.2 Å². The van der Waals surface area contributed by atoms with Crippen LogP contribution in [0.25, 0.3) is 0 Å². The van der Waals surface area contributed by atoms with Crippen LogP contribution in [-0.2, 0) is 28.6 Å². The van der Waals surface area contributed by atoms with E-state index in [1.54, 1.807) is 0 Å². The summed E-state index contributed by atoms with van der Waals surface area (Å²) < 4.78 is 17.2. The number of carboxylic acids is 1. The second kappa shape index (κ2) is 37.0. The highest BCUT2D eigenvalue weighted by Crippen LogP contribution is 2.13. The Morgan fingerprint density at radius 2 is 1.06 bits per heavy atom. The average molecular weight is 759 g/mol. The molecule has 0 aromatic rings. The van der Waals surface area contributed by atoms with Crippen molar-refractivity contribution in [3.05, 3.63) is 60.8 Å². The fraction of sp³-hybridized carbons (Fsp3) is 0.717. The molecule has 0 bridgehead atoms. The number of nitrogens with zero attached hydrogens (tertiary/aromatic N) is 1. The van der Waals surface area contributed by atoms with Crippen molar-refractivity contribution in [1.29, 1.82) is 0 Å². The van der Waals surface area contributed by atoms with Crippen molar-refractivity contribution in [2.24, 2.45) is 0 Å². The van der Waals surface area contributed by atoms with Crippen molar-refractivity contribution >= 4 is 17.9 Å². The molecule has 0 aromatic carbocycles. The van der Waals surface area contributed by atoms with Gasteiger partial charge in [0.2, 0.25) is 0 Å². The molecular weight excluding hydrogens is 679 g/mol. The van der Waals surface area contributed by atoms with Gasteiger partial charge in [0.1, 0.15) is 6.61 Å². The molecular formula is C46H80NO7+. The van der Waals surface area contributed by atoms with Crippen molar-refractivity contribution in [2.75, 3.05) is 41.0 Å². The molecule has 0 saturated heterocycles. The highest BCUT2D eigenvalue weighted by molar-refractivity contribution is 5.72. The SMILES string of the molecule is CC/C=C/C=C/C=C/C=C/CCCCCCCC(=O)OCC(COCCC(C(=O)O)[N+](C)(C)C)OC(=O)CCCCCCCCC/C=C/CCCCCC. The summed E-state index contributed by atoms with van der Waals surface area (Å²) in [6.45, 7) is 4.54. The first-order chi connectivity index (χ1) is 26.1. The molecule has 0 aliphatic carbocycles. The lowest BCUT2D eigenvalue weighted by molar-refractivity contribution is -0.887. The van der Waals surface area contributed by atoms with Crippen LogP contribution in [0.3, 0.4) is 0 Å². The zero-order valence-electron chi connectivity index (χ0n) is 35.2. The summed E-state index contributed by atoms with van der Waals surface area (Å²) in [6, 6.07) is -0.620. The number of rotatable bonds is 37. The van der Waals surface area contributed by atoms with Crippen molar-refractivity contribution in [3.8, 4) is 0 Å². The minimum absolute atomic E-state index is 0.0494. The molecule has 1 N–H and O–H groups in total. The number of unbranched alkanes of at least 4 members (excludes halogenated alkanes) is 16. The molecule has 0 saturated carbocycles. The molecule has 0 radical (unpaired) electrons. The summed E-state index contributed by atoms with van der Waals surface area (Å²) in [5.41, 5.74) is 0. The van der Waals surface area contributed by atoms with E-state index in [0.717, 1.165) is 64.2 Å². The number of allylic oxidation sites excluding steroid dienone is 10. The number of carbonyl (C=O) groups is 3. The second-order valence-electron chi connectivity index (χ2n) is 15.3. The average Bonchev–Trinajstić information content (AvgIpc) is 3.12. The zero-order valence-corrected chi connectivity index (χ0v) is 35.2. The molecule has 0 aliphatic rings. The van der Waals surface area contributed by atoms with Gasteiger partial charge in [0.15, 0.2) is 12.1 Å². The maximum atomic E-state index is 12.7. The van der Waals surface area contributed by atoms with E-state index in [0.29, 0.717) is 19.3 Å². The van der Waals surface area contributed by atoms with Crippen molar-refractivity contribution < 1.29 is 38.2 Å². The predicted molar refractivity (Wildman–Crippen MR) is 224 cm³/mol. The summed E-state index contributed by atoms with van der Waals surface area (Å²) in [5.74, 6) is -1.51. The molecule has 0 aliphatic heterocycles. The molecule has 0 amide bonds. The topological polar surface area (TPSA) is 99.1 Å². The maximum absolute atomic E-state index is 12.7. The van der Waals surface area contributed by atoms with Gasteiger partial charge in [0, 0.05) is 19.3 Å². The second-order valence-corrected chi connectivity index (χ2v) is 15.3. The van der Waals surface area contributed by atoms with Crippen LogP contribution < -0.4 is 0 Å². The number of quaternary nitrogens is 1. The van der Waals surface area contributed by atoms with Gasteiger partial charge in [-0.2, -0.15) is 0 Å². The van der Waals surface area contributed by atoms with Crippen molar-refractivity contribution in [3.63, 3.8) is 0 Å². The molecule has 0 spiro atoms. The monoisotopic (exact) mass is 759 g/mol. The predicted octanol–water partition coefficient (Wildman–Crippen LogP) is 11.4. The first kappa shape index (κ1) is 51.0. The molecule has 8 nitrogen and oxygen atoms in total. The summed E-state index contributed by atoms with van der Waals surface area (Å²) in [4.78, 5) is 36.9. The van der Waals surface area contributed by atoms with Gasteiger partial charge in [0.25, 0.3) is 0 Å². The van der Waals surface area contributed by atoms with Crippen LogP contribution in [0.4, 0.5) is 0 Å². The third-order valence-electron chi connectivity index (χ3n) is 9.25. The number of carboxylic acid groups (broad SMARTS) is 1. The smallest absolute Gasteiger partial charge is 0.362 e. The first-order valence-electron chi connectivity index (χ1n) is 21.4. The minimum Gasteiger partial charge on any atom is -0.477 e. The molecule has 0 rings (SSSR count). The van der Waals surface area contributed by atoms with Gasteiger partial charge >= 0.3 is 17.9 Å². The number of aliphatic carboxylic acids is 1. The largest absolute Gasteiger partial charge is 0.477 e. The van der Waals surface area contributed by atoms with E-state index in [1.807, 2.05) is 45.4 Å². The summed E-state index contributed by atoms with van der Waals surface area (Å²) in [7, 11) is 5.51. The summed E-state index contributed by atoms with van der Waals surface area (Å²) in [6.07, 6.45) is 44.0. The van der Waals surface area contributed by atoms with Crippen LogP contribution in [0.5, 0.6) is 0 Å². The van der Waals surface area contributed by atoms with Crippen LogP contribution in [0.15, 0.2) is 60.8 Å². The lowest BCUT2D eigenvalue weighted by Gasteiger charge is -2.31. The van der Waals surface area contributed by atoms with Crippen LogP contribution in [0, 0.1) is 0 Å². The van der Waals surface area contributed by atoms with E-state index in [2.05, 4.69) is 50.3 Å². The number of hydrogen-bond acceptors (Lipinski definition) is 6. The first-order valence-corrected chi connectivity index (χ1v) is 21.4. The Hall–Kier alpha value is -2.97. The normalized spacial score (nSPS) is 13.6. The van der Waals surface area contributed by atoms with Gasteiger partial charge in [-0.15, -0.1) is 0 Å². The molecule has 2 atom stereocenters. The highest BCUT2D eigenvalue weighted by Gasteiger charge is 2.31. The van der Waals surface area contributed by atoms with Gasteiger partial charge in [-0.25, -0.2) is 4.79 Å². The Balaban J connectivity index is 4.42. The minimum atomic E-state index is -0.882. The van der Waals surface area contributed by atoms with Gasteiger partial charge < -0.3 is 23.8 Å². The fourth-order valence-corrected chi connectivity index (χ4v) is 5.92. The van der Waals surface area contributed by atoms with E-state index in [1.165, 1.54) is 64.2 Å². The molecule has 54 heavy (non-hydrogen) atoms. The van der Waals surface area contributed by atoms with Gasteiger partial charge in [0.05, 0.1) is 34.4 Å². The zero-order chi connectivity index (χ0) is 40.0. The van der Waals surface area contributed by atoms with Crippen LogP contribution in [-0.4, -0.2) is 80.6 Å². The number of likely N-dealkylation sites (N-methyl/N-ethyl adjacent to an activating group) is 1. The maximum Gasteiger partial charge on any atom is 0.362 e. The van der Waals surface area contributed by atoms with E-state index < -0.39 is 18.1 Å². The van der Waals surface area contributed by atoms with Crippen LogP contribution in [0.2, 0.25) is 0 Å². The molecule has 8 heteroatoms. The molecule has 0 heterocycles. The number of hydrogen-bond donors (Lipinski definition) is 1. The lowest BCUT2D eigenvalue weighted by atomic mass is 10.1. The van der Waals surface area contributed by atoms with Gasteiger partial charge in [-0.05, 0) is 57.8 Å². The quantitative estimate of drug-likeness (QED) is 0.0221. The Morgan fingerprint density at radius 3 is 1.59 bits per heavy atom. The summed E-state index contributed by atoms with van der Waals surface area (Å²) >= 11 is 0. The number of carbonyl (C=O) groups excluding carboxylic acids is 2. The van der Waals surface area contributed by atoms with E-state index in [9.17, 15) is 19.5 Å². The Labute approximate surface area is 330 Å². The molecule has 2 unspecified atom stereocenters. The molecule has 0 fully saturated rings. The standard InChI is InChI=1S/C46H79NO7/c1-6-8-10-12-14-16-18-20-22-24-26-28-30-32-34-36-44(48)53-41-42(40-52-39-38-43(46(50)51)47(3,4)5)54-45(49)37-35-33-31-29-27-25-23-21-19-17-15-13-11-9-7-2/h8,10,12,14,16-20,22,42-43H,6-7,9,11,13,15,21,23-41H2,1-5H3/p+1/b10-8+,14-12+,18-16+,19-17+,22-20+.